The molecule has 32 heavy (non-hydrogen) atoms. The first-order valence-corrected chi connectivity index (χ1v) is 11.1. The van der Waals surface area contributed by atoms with Crippen molar-refractivity contribution in [2.24, 2.45) is 5.92 Å². The second-order valence-corrected chi connectivity index (χ2v) is 9.00. The third-order valence-corrected chi connectivity index (χ3v) is 5.94. The van der Waals surface area contributed by atoms with Crippen LogP contribution in [0.2, 0.25) is 10.0 Å². The van der Waals surface area contributed by atoms with Crippen molar-refractivity contribution in [3.63, 3.8) is 0 Å². The number of benzene rings is 2. The monoisotopic (exact) mass is 483 g/mol. The molecule has 3 rings (SSSR count). The van der Waals surface area contributed by atoms with Gasteiger partial charge in [-0.2, -0.15) is 0 Å². The number of rotatable bonds is 7. The van der Waals surface area contributed by atoms with E-state index in [1.807, 2.05) is 0 Å². The molecule has 0 saturated carbocycles. The van der Waals surface area contributed by atoms with Gasteiger partial charge in [0, 0.05) is 39.5 Å². The minimum Gasteiger partial charge on any atom is -0.309 e. The zero-order valence-corrected chi connectivity index (χ0v) is 19.4. The standard InChI is InChI=1S/C23H25Cl2F2N3O2/c1-29(2)28-21(31)7-3-14-10-18(24)23(19(25)11-14)30-13-15(4-8-22(30)32)9-16-5-6-17(26)12-20(16)27/h5-6,10-12,15H,3-4,7-9,13H2,1-2H3,(H,28,31). The van der Waals surface area contributed by atoms with Crippen LogP contribution >= 0.6 is 23.2 Å². The highest BCUT2D eigenvalue weighted by Gasteiger charge is 2.30. The molecule has 1 atom stereocenters. The number of amides is 2. The first-order chi connectivity index (χ1) is 15.1. The van der Waals surface area contributed by atoms with Gasteiger partial charge in [0.25, 0.3) is 0 Å². The zero-order valence-electron chi connectivity index (χ0n) is 17.9. The van der Waals surface area contributed by atoms with Gasteiger partial charge in [-0.15, -0.1) is 0 Å². The van der Waals surface area contributed by atoms with E-state index in [1.165, 1.54) is 12.1 Å². The second kappa shape index (κ2) is 10.6. The number of carbonyl (C=O) groups excluding carboxylic acids is 2. The largest absolute Gasteiger partial charge is 0.309 e. The Kier molecular flexibility index (Phi) is 8.09. The molecule has 1 saturated heterocycles. The molecule has 1 aliphatic heterocycles. The number of halogens is 4. The summed E-state index contributed by atoms with van der Waals surface area (Å²) in [6, 6.07) is 6.96. The molecule has 0 spiro atoms. The summed E-state index contributed by atoms with van der Waals surface area (Å²) in [6.07, 6.45) is 1.97. The number of aryl methyl sites for hydroxylation is 1. The van der Waals surface area contributed by atoms with E-state index in [-0.39, 0.29) is 30.6 Å². The number of piperidine rings is 1. The van der Waals surface area contributed by atoms with Gasteiger partial charge >= 0.3 is 0 Å². The highest BCUT2D eigenvalue weighted by atomic mass is 35.5. The van der Waals surface area contributed by atoms with Crippen LogP contribution in [0, 0.1) is 17.6 Å². The molecule has 0 aliphatic carbocycles. The zero-order chi connectivity index (χ0) is 23.4. The highest BCUT2D eigenvalue weighted by molar-refractivity contribution is 6.40. The average Bonchev–Trinajstić information content (AvgIpc) is 2.70. The highest BCUT2D eigenvalue weighted by Crippen LogP contribution is 2.38. The van der Waals surface area contributed by atoms with Crippen LogP contribution in [0.4, 0.5) is 14.5 Å². The summed E-state index contributed by atoms with van der Waals surface area (Å²) >= 11 is 13.0. The normalized spacial score (nSPS) is 16.5. The summed E-state index contributed by atoms with van der Waals surface area (Å²) in [5.41, 5.74) is 4.29. The lowest BCUT2D eigenvalue weighted by atomic mass is 9.90. The van der Waals surface area contributed by atoms with Gasteiger partial charge in [0.05, 0.1) is 15.7 Å². The fourth-order valence-corrected chi connectivity index (χ4v) is 4.61. The van der Waals surface area contributed by atoms with E-state index < -0.39 is 11.6 Å². The molecule has 1 unspecified atom stereocenters. The Morgan fingerprint density at radius 2 is 1.88 bits per heavy atom. The van der Waals surface area contributed by atoms with E-state index in [4.69, 9.17) is 23.2 Å². The lowest BCUT2D eigenvalue weighted by molar-refractivity contribution is -0.124. The Morgan fingerprint density at radius 1 is 1.19 bits per heavy atom. The van der Waals surface area contributed by atoms with Crippen LogP contribution in [-0.2, 0) is 22.4 Å². The molecule has 1 N–H and O–H groups in total. The van der Waals surface area contributed by atoms with Gasteiger partial charge in [-0.25, -0.2) is 13.8 Å². The van der Waals surface area contributed by atoms with E-state index in [0.717, 1.165) is 11.6 Å². The maximum Gasteiger partial charge on any atom is 0.234 e. The van der Waals surface area contributed by atoms with Crippen molar-refractivity contribution in [3.05, 3.63) is 63.1 Å². The van der Waals surface area contributed by atoms with Crippen molar-refractivity contribution < 1.29 is 18.4 Å². The maximum atomic E-state index is 14.1. The van der Waals surface area contributed by atoms with Crippen molar-refractivity contribution >= 4 is 40.7 Å². The molecule has 2 amide bonds. The van der Waals surface area contributed by atoms with Crippen molar-refractivity contribution in [2.45, 2.75) is 32.1 Å². The van der Waals surface area contributed by atoms with Gasteiger partial charge in [-0.3, -0.25) is 15.0 Å². The molecule has 2 aromatic carbocycles. The van der Waals surface area contributed by atoms with Gasteiger partial charge in [0.2, 0.25) is 11.8 Å². The van der Waals surface area contributed by atoms with Gasteiger partial charge in [0.1, 0.15) is 11.6 Å². The molecule has 5 nitrogen and oxygen atoms in total. The molecular formula is C23H25Cl2F2N3O2. The number of nitrogens with one attached hydrogen (secondary N) is 1. The van der Waals surface area contributed by atoms with Gasteiger partial charge < -0.3 is 4.90 Å². The maximum absolute atomic E-state index is 14.1. The number of carbonyl (C=O) groups is 2. The van der Waals surface area contributed by atoms with Crippen molar-refractivity contribution in [2.75, 3.05) is 25.5 Å². The number of hydrogen-bond donors (Lipinski definition) is 1. The van der Waals surface area contributed by atoms with Crippen LogP contribution in [0.15, 0.2) is 30.3 Å². The fourth-order valence-electron chi connectivity index (χ4n) is 3.88. The van der Waals surface area contributed by atoms with E-state index in [2.05, 4.69) is 5.43 Å². The number of hydrazine groups is 1. The molecule has 1 fully saturated rings. The Morgan fingerprint density at radius 3 is 2.50 bits per heavy atom. The summed E-state index contributed by atoms with van der Waals surface area (Å²) in [7, 11) is 3.46. The van der Waals surface area contributed by atoms with Crippen LogP contribution in [-0.4, -0.2) is 37.5 Å². The molecular weight excluding hydrogens is 459 g/mol. The first kappa shape index (κ1) is 24.4. The molecule has 1 heterocycles. The number of hydrogen-bond acceptors (Lipinski definition) is 3. The smallest absolute Gasteiger partial charge is 0.234 e. The van der Waals surface area contributed by atoms with Crippen molar-refractivity contribution in [1.82, 2.24) is 10.4 Å². The second-order valence-electron chi connectivity index (χ2n) is 8.19. The third-order valence-electron chi connectivity index (χ3n) is 5.37. The predicted octanol–water partition coefficient (Wildman–Crippen LogP) is 4.78. The lowest BCUT2D eigenvalue weighted by Crippen LogP contribution is -2.41. The third kappa shape index (κ3) is 6.18. The Balaban J connectivity index is 1.73. The minimum atomic E-state index is -0.621. The summed E-state index contributed by atoms with van der Waals surface area (Å²) in [5, 5.41) is 2.21. The Labute approximate surface area is 196 Å². The van der Waals surface area contributed by atoms with Crippen molar-refractivity contribution in [1.29, 1.82) is 0 Å². The molecule has 1 aliphatic rings. The van der Waals surface area contributed by atoms with Gasteiger partial charge in [0.15, 0.2) is 0 Å². The summed E-state index contributed by atoms with van der Waals surface area (Å²) in [6.45, 7) is 0.333. The summed E-state index contributed by atoms with van der Waals surface area (Å²) in [5.74, 6) is -1.47. The van der Waals surface area contributed by atoms with E-state index in [9.17, 15) is 18.4 Å². The molecule has 2 aromatic rings. The van der Waals surface area contributed by atoms with E-state index in [1.54, 1.807) is 36.1 Å². The fraction of sp³-hybridized carbons (Fsp3) is 0.391. The Bertz CT molecular complexity index is 994. The first-order valence-electron chi connectivity index (χ1n) is 10.3. The Hall–Kier alpha value is -2.22. The van der Waals surface area contributed by atoms with Gasteiger partial charge in [-0.1, -0.05) is 29.3 Å². The molecule has 0 radical (unpaired) electrons. The quantitative estimate of drug-likeness (QED) is 0.576. The topological polar surface area (TPSA) is 52.7 Å². The minimum absolute atomic E-state index is 0.0193. The SMILES string of the molecule is CN(C)NC(=O)CCc1cc(Cl)c(N2CC(Cc3ccc(F)cc3F)CCC2=O)c(Cl)c1. The van der Waals surface area contributed by atoms with E-state index >= 15 is 0 Å². The van der Waals surface area contributed by atoms with Crippen LogP contribution in [0.1, 0.15) is 30.4 Å². The molecule has 9 heteroatoms. The molecule has 0 aromatic heterocycles. The van der Waals surface area contributed by atoms with Crippen LogP contribution in [0.25, 0.3) is 0 Å². The van der Waals surface area contributed by atoms with Crippen LogP contribution in [0.3, 0.4) is 0 Å². The lowest BCUT2D eigenvalue weighted by Gasteiger charge is -2.34. The average molecular weight is 484 g/mol. The van der Waals surface area contributed by atoms with E-state index in [0.29, 0.717) is 47.1 Å². The number of anilines is 1. The predicted molar refractivity (Wildman–Crippen MR) is 122 cm³/mol. The molecule has 172 valence electrons. The molecule has 0 bridgehead atoms. The van der Waals surface area contributed by atoms with Gasteiger partial charge in [-0.05, 0) is 54.5 Å². The van der Waals surface area contributed by atoms with Crippen LogP contribution in [0.5, 0.6) is 0 Å². The van der Waals surface area contributed by atoms with Crippen LogP contribution < -0.4 is 10.3 Å². The number of nitrogens with zero attached hydrogens (tertiary/aromatic N) is 2. The summed E-state index contributed by atoms with van der Waals surface area (Å²) < 4.78 is 27.3. The summed E-state index contributed by atoms with van der Waals surface area (Å²) in [4.78, 5) is 26.0. The van der Waals surface area contributed by atoms with Crippen molar-refractivity contribution in [3.8, 4) is 0 Å².